The van der Waals surface area contributed by atoms with Crippen molar-refractivity contribution in [2.24, 2.45) is 18.9 Å². The van der Waals surface area contributed by atoms with Crippen LogP contribution in [0.4, 0.5) is 0 Å². The van der Waals surface area contributed by atoms with Gasteiger partial charge in [0.1, 0.15) is 0 Å². The molecular weight excluding hydrogens is 198 g/mol. The fourth-order valence-corrected chi connectivity index (χ4v) is 2.84. The van der Waals surface area contributed by atoms with Crippen molar-refractivity contribution in [2.75, 3.05) is 7.05 Å². The van der Waals surface area contributed by atoms with Gasteiger partial charge in [0.2, 0.25) is 0 Å². The number of aryl methyl sites for hydroxylation is 1. The molecule has 1 aliphatic rings. The molecule has 0 saturated heterocycles. The van der Waals surface area contributed by atoms with Gasteiger partial charge in [0, 0.05) is 13.2 Å². The van der Waals surface area contributed by atoms with Crippen LogP contribution in [0.3, 0.4) is 0 Å². The maximum atomic E-state index is 4.53. The van der Waals surface area contributed by atoms with E-state index in [1.807, 2.05) is 17.9 Å². The molecular formula is C13H23N3. The highest BCUT2D eigenvalue weighted by Crippen LogP contribution is 2.35. The summed E-state index contributed by atoms with van der Waals surface area (Å²) < 4.78 is 1.89. The quantitative estimate of drug-likeness (QED) is 0.850. The maximum absolute atomic E-state index is 4.53. The van der Waals surface area contributed by atoms with Crippen molar-refractivity contribution in [1.82, 2.24) is 15.1 Å². The van der Waals surface area contributed by atoms with Crippen molar-refractivity contribution in [3.05, 3.63) is 18.0 Å². The molecule has 1 aromatic heterocycles. The minimum Gasteiger partial charge on any atom is -0.311 e. The van der Waals surface area contributed by atoms with Gasteiger partial charge in [-0.05, 0) is 37.8 Å². The molecule has 2 rings (SSSR count). The monoisotopic (exact) mass is 221 g/mol. The van der Waals surface area contributed by atoms with Gasteiger partial charge < -0.3 is 5.32 Å². The Morgan fingerprint density at radius 2 is 2.06 bits per heavy atom. The van der Waals surface area contributed by atoms with Crippen LogP contribution in [0.15, 0.2) is 12.3 Å². The summed E-state index contributed by atoms with van der Waals surface area (Å²) in [6.45, 7) is 2.37. The average Bonchev–Trinajstić information content (AvgIpc) is 2.69. The lowest BCUT2D eigenvalue weighted by Crippen LogP contribution is -2.28. The van der Waals surface area contributed by atoms with E-state index in [1.54, 1.807) is 0 Å². The topological polar surface area (TPSA) is 29.9 Å². The van der Waals surface area contributed by atoms with Crippen molar-refractivity contribution in [2.45, 2.75) is 38.6 Å². The zero-order valence-corrected chi connectivity index (χ0v) is 10.6. The molecule has 3 nitrogen and oxygen atoms in total. The summed E-state index contributed by atoms with van der Waals surface area (Å²) in [7, 11) is 4.04. The predicted octanol–water partition coefficient (Wildman–Crippen LogP) is 2.51. The minimum absolute atomic E-state index is 0.439. The molecule has 1 atom stereocenters. The van der Waals surface area contributed by atoms with Crippen LogP contribution >= 0.6 is 0 Å². The lowest BCUT2D eigenvalue weighted by Gasteiger charge is -2.31. The van der Waals surface area contributed by atoms with Crippen molar-refractivity contribution in [3.8, 4) is 0 Å². The third-order valence-corrected chi connectivity index (χ3v) is 3.90. The van der Waals surface area contributed by atoms with Gasteiger partial charge in [0.15, 0.2) is 0 Å². The van der Waals surface area contributed by atoms with Gasteiger partial charge in [-0.2, -0.15) is 5.10 Å². The van der Waals surface area contributed by atoms with Crippen LogP contribution in [0.2, 0.25) is 0 Å². The lowest BCUT2D eigenvalue weighted by molar-refractivity contribution is 0.235. The predicted molar refractivity (Wildman–Crippen MR) is 66.1 cm³/mol. The lowest BCUT2D eigenvalue weighted by atomic mass is 9.78. The number of hydrogen-bond donors (Lipinski definition) is 1. The first-order valence-electron chi connectivity index (χ1n) is 6.37. The summed E-state index contributed by atoms with van der Waals surface area (Å²) in [5.74, 6) is 1.67. The zero-order chi connectivity index (χ0) is 11.5. The smallest absolute Gasteiger partial charge is 0.0796 e. The van der Waals surface area contributed by atoms with Crippen LogP contribution in [0.1, 0.15) is 44.3 Å². The summed E-state index contributed by atoms with van der Waals surface area (Å²) in [6, 6.07) is 2.58. The van der Waals surface area contributed by atoms with Gasteiger partial charge in [0.05, 0.1) is 11.7 Å². The first-order chi connectivity index (χ1) is 7.70. The first-order valence-corrected chi connectivity index (χ1v) is 6.37. The Labute approximate surface area is 98.2 Å². The molecule has 90 valence electrons. The highest BCUT2D eigenvalue weighted by molar-refractivity contribution is 5.07. The number of nitrogens with one attached hydrogen (secondary N) is 1. The van der Waals surface area contributed by atoms with Gasteiger partial charge in [-0.3, -0.25) is 4.68 Å². The second-order valence-electron chi connectivity index (χ2n) is 5.20. The van der Waals surface area contributed by atoms with Crippen molar-refractivity contribution in [3.63, 3.8) is 0 Å². The summed E-state index contributed by atoms with van der Waals surface area (Å²) >= 11 is 0. The van der Waals surface area contributed by atoms with E-state index < -0.39 is 0 Å². The molecule has 1 aromatic rings. The van der Waals surface area contributed by atoms with Crippen LogP contribution in [0.5, 0.6) is 0 Å². The summed E-state index contributed by atoms with van der Waals surface area (Å²) in [5.41, 5.74) is 1.20. The SMILES string of the molecule is CNC(c1ccn(C)n1)C1CCC(C)CC1. The van der Waals surface area contributed by atoms with Crippen LogP contribution in [0.25, 0.3) is 0 Å². The molecule has 1 heterocycles. The Bertz CT molecular complexity index is 324. The van der Waals surface area contributed by atoms with Crippen LogP contribution < -0.4 is 5.32 Å². The molecule has 16 heavy (non-hydrogen) atoms. The van der Waals surface area contributed by atoms with Crippen molar-refractivity contribution in [1.29, 1.82) is 0 Å². The third-order valence-electron chi connectivity index (χ3n) is 3.90. The second kappa shape index (κ2) is 5.00. The van der Waals surface area contributed by atoms with Crippen molar-refractivity contribution >= 4 is 0 Å². The molecule has 0 aliphatic heterocycles. The summed E-state index contributed by atoms with van der Waals surface area (Å²) in [4.78, 5) is 0. The molecule has 1 saturated carbocycles. The first kappa shape index (κ1) is 11.6. The van der Waals surface area contributed by atoms with E-state index in [4.69, 9.17) is 0 Å². The summed E-state index contributed by atoms with van der Waals surface area (Å²) in [5, 5.41) is 7.97. The normalized spacial score (nSPS) is 27.9. The molecule has 0 aromatic carbocycles. The largest absolute Gasteiger partial charge is 0.311 e. The highest BCUT2D eigenvalue weighted by atomic mass is 15.3. The molecule has 1 fully saturated rings. The van der Waals surface area contributed by atoms with E-state index in [9.17, 15) is 0 Å². The molecule has 3 heteroatoms. The molecule has 0 radical (unpaired) electrons. The van der Waals surface area contributed by atoms with Crippen LogP contribution in [-0.4, -0.2) is 16.8 Å². The fraction of sp³-hybridized carbons (Fsp3) is 0.769. The van der Waals surface area contributed by atoms with E-state index in [2.05, 4.69) is 30.5 Å². The Hall–Kier alpha value is -0.830. The van der Waals surface area contributed by atoms with Gasteiger partial charge >= 0.3 is 0 Å². The third kappa shape index (κ3) is 2.46. The number of aromatic nitrogens is 2. The molecule has 0 amide bonds. The molecule has 0 bridgehead atoms. The molecule has 0 spiro atoms. The van der Waals surface area contributed by atoms with Gasteiger partial charge in [-0.15, -0.1) is 0 Å². The minimum atomic E-state index is 0.439. The Kier molecular flexibility index (Phi) is 3.64. The Balaban J connectivity index is 2.05. The van der Waals surface area contributed by atoms with E-state index in [1.165, 1.54) is 31.4 Å². The van der Waals surface area contributed by atoms with E-state index in [0.717, 1.165) is 11.8 Å². The van der Waals surface area contributed by atoms with E-state index in [0.29, 0.717) is 6.04 Å². The van der Waals surface area contributed by atoms with Gasteiger partial charge in [-0.25, -0.2) is 0 Å². The molecule has 1 aliphatic carbocycles. The van der Waals surface area contributed by atoms with E-state index >= 15 is 0 Å². The molecule has 1 unspecified atom stereocenters. The Morgan fingerprint density at radius 1 is 1.38 bits per heavy atom. The fourth-order valence-electron chi connectivity index (χ4n) is 2.84. The summed E-state index contributed by atoms with van der Waals surface area (Å²) in [6.07, 6.45) is 7.45. The van der Waals surface area contributed by atoms with Crippen LogP contribution in [-0.2, 0) is 7.05 Å². The van der Waals surface area contributed by atoms with Gasteiger partial charge in [-0.1, -0.05) is 19.8 Å². The number of rotatable bonds is 3. The maximum Gasteiger partial charge on any atom is 0.0796 e. The van der Waals surface area contributed by atoms with E-state index in [-0.39, 0.29) is 0 Å². The van der Waals surface area contributed by atoms with Crippen LogP contribution in [0, 0.1) is 11.8 Å². The van der Waals surface area contributed by atoms with Crippen molar-refractivity contribution < 1.29 is 0 Å². The standard InChI is InChI=1S/C13H23N3/c1-10-4-6-11(7-5-10)13(14-2)12-8-9-16(3)15-12/h8-11,13-14H,4-7H2,1-3H3. The number of nitrogens with zero attached hydrogens (tertiary/aromatic N) is 2. The molecule has 1 N–H and O–H groups in total. The zero-order valence-electron chi connectivity index (χ0n) is 10.6. The second-order valence-corrected chi connectivity index (χ2v) is 5.20. The highest BCUT2D eigenvalue weighted by Gasteiger charge is 2.27. The average molecular weight is 221 g/mol. The van der Waals surface area contributed by atoms with Gasteiger partial charge in [0.25, 0.3) is 0 Å². The Morgan fingerprint density at radius 3 is 2.56 bits per heavy atom. The number of hydrogen-bond acceptors (Lipinski definition) is 2.